The van der Waals surface area contributed by atoms with Gasteiger partial charge < -0.3 is 19.9 Å². The number of nitrogens with zero attached hydrogens (tertiary/aromatic N) is 2. The second-order valence-corrected chi connectivity index (χ2v) is 13.1. The lowest BCUT2D eigenvalue weighted by atomic mass is 9.73. The largest absolute Gasteiger partial charge is 0.465 e. The Morgan fingerprint density at radius 2 is 1.59 bits per heavy atom. The SMILES string of the molecule is COC(=O)c1ccc(C2C3=C(CC(C)(C)CC3=O)Nc3ccccc3N2CC(=O)N2CCC(Cc3ccccc3)CC2)cc1. The number of carbonyl (C=O) groups is 3. The molecule has 1 atom stereocenters. The zero-order valence-electron chi connectivity index (χ0n) is 25.8. The van der Waals surface area contributed by atoms with E-state index in [-0.39, 0.29) is 23.7 Å². The van der Waals surface area contributed by atoms with Crippen LogP contribution >= 0.6 is 0 Å². The van der Waals surface area contributed by atoms with Gasteiger partial charge in [0.05, 0.1) is 36.6 Å². The average molecular weight is 592 g/mol. The average Bonchev–Trinajstić information content (AvgIpc) is 3.15. The number of esters is 1. The second kappa shape index (κ2) is 12.3. The van der Waals surface area contributed by atoms with E-state index in [1.165, 1.54) is 12.7 Å². The van der Waals surface area contributed by atoms with E-state index in [1.807, 2.05) is 47.4 Å². The summed E-state index contributed by atoms with van der Waals surface area (Å²) in [7, 11) is 1.36. The third-order valence-corrected chi connectivity index (χ3v) is 9.29. The number of carbonyl (C=O) groups excluding carboxylic acids is 3. The highest BCUT2D eigenvalue weighted by Crippen LogP contribution is 2.48. The number of nitrogens with one attached hydrogen (secondary N) is 1. The van der Waals surface area contributed by atoms with Crippen molar-refractivity contribution in [3.63, 3.8) is 0 Å². The number of piperidine rings is 1. The number of Topliss-reactive ketones (excluding diaryl/α,β-unsaturated/α-hetero) is 1. The van der Waals surface area contributed by atoms with Crippen molar-refractivity contribution in [1.82, 2.24) is 4.90 Å². The van der Waals surface area contributed by atoms with Gasteiger partial charge in [-0.1, -0.05) is 68.4 Å². The first-order chi connectivity index (χ1) is 21.2. The normalized spacial score (nSPS) is 19.9. The number of likely N-dealkylation sites (tertiary alicyclic amines) is 1. The van der Waals surface area contributed by atoms with Crippen LogP contribution in [0, 0.1) is 11.3 Å². The molecule has 1 aliphatic carbocycles. The maximum absolute atomic E-state index is 14.1. The molecule has 7 nitrogen and oxygen atoms in total. The summed E-state index contributed by atoms with van der Waals surface area (Å²) in [5.41, 5.74) is 5.80. The molecule has 44 heavy (non-hydrogen) atoms. The smallest absolute Gasteiger partial charge is 0.337 e. The van der Waals surface area contributed by atoms with Crippen LogP contribution in [0.25, 0.3) is 0 Å². The van der Waals surface area contributed by atoms with E-state index in [4.69, 9.17) is 4.74 Å². The van der Waals surface area contributed by atoms with Crippen LogP contribution in [0.2, 0.25) is 0 Å². The van der Waals surface area contributed by atoms with Crippen molar-refractivity contribution in [2.24, 2.45) is 11.3 Å². The number of methoxy groups -OCH3 is 1. The molecule has 6 rings (SSSR count). The Bertz CT molecular complexity index is 1570. The van der Waals surface area contributed by atoms with Gasteiger partial charge in [-0.25, -0.2) is 4.79 Å². The van der Waals surface area contributed by atoms with Gasteiger partial charge in [0, 0.05) is 30.8 Å². The predicted octanol–water partition coefficient (Wildman–Crippen LogP) is 6.57. The van der Waals surface area contributed by atoms with Gasteiger partial charge in [-0.2, -0.15) is 0 Å². The molecule has 0 bridgehead atoms. The molecule has 3 aliphatic rings. The van der Waals surface area contributed by atoms with Gasteiger partial charge in [-0.15, -0.1) is 0 Å². The van der Waals surface area contributed by atoms with Crippen molar-refractivity contribution in [3.8, 4) is 0 Å². The zero-order valence-corrected chi connectivity index (χ0v) is 25.8. The van der Waals surface area contributed by atoms with Crippen LogP contribution in [0.15, 0.2) is 90.1 Å². The fraction of sp³-hybridized carbons (Fsp3) is 0.378. The number of para-hydroxylation sites is 2. The molecule has 0 radical (unpaired) electrons. The predicted molar refractivity (Wildman–Crippen MR) is 172 cm³/mol. The number of anilines is 2. The van der Waals surface area contributed by atoms with Crippen molar-refractivity contribution >= 4 is 29.0 Å². The van der Waals surface area contributed by atoms with Gasteiger partial charge in [-0.05, 0) is 72.4 Å². The van der Waals surface area contributed by atoms with Gasteiger partial charge in [0.2, 0.25) is 5.91 Å². The van der Waals surface area contributed by atoms with E-state index in [0.717, 1.165) is 61.4 Å². The molecule has 3 aromatic carbocycles. The third-order valence-electron chi connectivity index (χ3n) is 9.29. The first kappa shape index (κ1) is 29.7. The van der Waals surface area contributed by atoms with Gasteiger partial charge >= 0.3 is 5.97 Å². The molecule has 1 N–H and O–H groups in total. The molecule has 2 heterocycles. The van der Waals surface area contributed by atoms with Crippen LogP contribution in [-0.4, -0.2) is 49.3 Å². The molecule has 228 valence electrons. The monoisotopic (exact) mass is 591 g/mol. The quantitative estimate of drug-likeness (QED) is 0.327. The molecule has 1 unspecified atom stereocenters. The number of ketones is 1. The summed E-state index contributed by atoms with van der Waals surface area (Å²) in [6, 6.07) is 25.3. The van der Waals surface area contributed by atoms with Crippen LogP contribution in [-0.2, 0) is 20.7 Å². The zero-order chi connectivity index (χ0) is 30.8. The minimum Gasteiger partial charge on any atom is -0.465 e. The standard InChI is InChI=1S/C37H41N3O4/c1-37(2)22-30-34(32(41)23-37)35(27-13-15-28(16-14-27)36(43)44-3)40(31-12-8-7-11-29(31)38-30)24-33(42)39-19-17-26(18-20-39)21-25-9-5-4-6-10-25/h4-16,26,35,38H,17-24H2,1-3H3. The Balaban J connectivity index is 1.33. The number of hydrogen-bond acceptors (Lipinski definition) is 6. The van der Waals surface area contributed by atoms with Crippen LogP contribution in [0.4, 0.5) is 11.4 Å². The molecule has 0 spiro atoms. The number of hydrogen-bond donors (Lipinski definition) is 1. The summed E-state index contributed by atoms with van der Waals surface area (Å²) in [5.74, 6) is 0.281. The lowest BCUT2D eigenvalue weighted by molar-refractivity contribution is -0.131. The van der Waals surface area contributed by atoms with Crippen LogP contribution in [0.1, 0.15) is 67.1 Å². The molecule has 1 fully saturated rings. The minimum absolute atomic E-state index is 0.0572. The molecule has 1 saturated heterocycles. The molecule has 0 aromatic heterocycles. The van der Waals surface area contributed by atoms with Gasteiger partial charge in [0.15, 0.2) is 5.78 Å². The van der Waals surface area contributed by atoms with E-state index in [1.54, 1.807) is 12.1 Å². The topological polar surface area (TPSA) is 79.0 Å². The van der Waals surface area contributed by atoms with Crippen molar-refractivity contribution in [1.29, 1.82) is 0 Å². The lowest BCUT2D eigenvalue weighted by Gasteiger charge is -2.39. The molecule has 1 amide bonds. The highest BCUT2D eigenvalue weighted by atomic mass is 16.5. The summed E-state index contributed by atoms with van der Waals surface area (Å²) in [4.78, 5) is 44.3. The summed E-state index contributed by atoms with van der Waals surface area (Å²) >= 11 is 0. The van der Waals surface area contributed by atoms with Crippen LogP contribution in [0.3, 0.4) is 0 Å². The fourth-order valence-corrected chi connectivity index (χ4v) is 7.07. The molecule has 7 heteroatoms. The Morgan fingerprint density at radius 1 is 0.909 bits per heavy atom. The Kier molecular flexibility index (Phi) is 8.30. The van der Waals surface area contributed by atoms with E-state index >= 15 is 0 Å². The first-order valence-electron chi connectivity index (χ1n) is 15.6. The van der Waals surface area contributed by atoms with Gasteiger partial charge in [-0.3, -0.25) is 9.59 Å². The molecular formula is C37H41N3O4. The number of benzene rings is 3. The Morgan fingerprint density at radius 3 is 2.30 bits per heavy atom. The molecule has 0 saturated carbocycles. The Labute approximate surface area is 259 Å². The number of fused-ring (bicyclic) bond motifs is 1. The lowest BCUT2D eigenvalue weighted by Crippen LogP contribution is -2.46. The highest BCUT2D eigenvalue weighted by molar-refractivity contribution is 6.02. The number of amides is 1. The Hall–Kier alpha value is -4.39. The second-order valence-electron chi connectivity index (χ2n) is 13.1. The highest BCUT2D eigenvalue weighted by Gasteiger charge is 2.42. The molecule has 3 aromatic rings. The van der Waals surface area contributed by atoms with Crippen LogP contribution < -0.4 is 10.2 Å². The maximum Gasteiger partial charge on any atom is 0.337 e. The van der Waals surface area contributed by atoms with E-state index in [2.05, 4.69) is 48.3 Å². The summed E-state index contributed by atoms with van der Waals surface area (Å²) < 4.78 is 4.92. The van der Waals surface area contributed by atoms with E-state index in [0.29, 0.717) is 23.5 Å². The number of allylic oxidation sites excluding steroid dienone is 1. The van der Waals surface area contributed by atoms with Gasteiger partial charge in [0.25, 0.3) is 0 Å². The first-order valence-corrected chi connectivity index (χ1v) is 15.6. The number of ether oxygens (including phenoxy) is 1. The summed E-state index contributed by atoms with van der Waals surface area (Å²) in [6.45, 7) is 5.83. The fourth-order valence-electron chi connectivity index (χ4n) is 7.07. The van der Waals surface area contributed by atoms with Gasteiger partial charge in [0.1, 0.15) is 0 Å². The van der Waals surface area contributed by atoms with Crippen molar-refractivity contribution in [2.75, 3.05) is 37.0 Å². The summed E-state index contributed by atoms with van der Waals surface area (Å²) in [6.07, 6.45) is 4.13. The molecule has 2 aliphatic heterocycles. The minimum atomic E-state index is -0.490. The van der Waals surface area contributed by atoms with Crippen molar-refractivity contribution in [2.45, 2.75) is 52.0 Å². The van der Waals surface area contributed by atoms with Crippen LogP contribution in [0.5, 0.6) is 0 Å². The van der Waals surface area contributed by atoms with Crippen molar-refractivity contribution < 1.29 is 19.1 Å². The van der Waals surface area contributed by atoms with Crippen molar-refractivity contribution in [3.05, 3.63) is 107 Å². The van der Waals surface area contributed by atoms with E-state index < -0.39 is 12.0 Å². The maximum atomic E-state index is 14.1. The number of rotatable bonds is 6. The van der Waals surface area contributed by atoms with E-state index in [9.17, 15) is 14.4 Å². The summed E-state index contributed by atoms with van der Waals surface area (Å²) in [5, 5.41) is 3.62. The molecular weight excluding hydrogens is 550 g/mol. The third kappa shape index (κ3) is 6.14.